The molecule has 8 nitrogen and oxygen atoms in total. The van der Waals surface area contributed by atoms with Crippen LogP contribution in [-0.4, -0.2) is 31.3 Å². The molecule has 1 heterocycles. The smallest absolute Gasteiger partial charge is 0.269 e. The van der Waals surface area contributed by atoms with Crippen molar-refractivity contribution in [3.05, 3.63) is 40.2 Å². The van der Waals surface area contributed by atoms with Gasteiger partial charge in [0, 0.05) is 30.3 Å². The van der Waals surface area contributed by atoms with Crippen LogP contribution in [0.4, 0.5) is 11.4 Å². The molecule has 1 amide bonds. The summed E-state index contributed by atoms with van der Waals surface area (Å²) in [7, 11) is 0. The van der Waals surface area contributed by atoms with Crippen molar-refractivity contribution in [2.75, 3.05) is 11.1 Å². The van der Waals surface area contributed by atoms with Gasteiger partial charge in [0.1, 0.15) is 5.82 Å². The molecule has 0 saturated heterocycles. The summed E-state index contributed by atoms with van der Waals surface area (Å²) in [4.78, 5) is 22.2. The maximum atomic E-state index is 12.0. The van der Waals surface area contributed by atoms with E-state index in [4.69, 9.17) is 0 Å². The molecule has 0 atom stereocenters. The highest BCUT2D eigenvalue weighted by Crippen LogP contribution is 2.22. The van der Waals surface area contributed by atoms with Crippen molar-refractivity contribution >= 4 is 29.0 Å². The lowest BCUT2D eigenvalue weighted by atomic mass is 10.3. The van der Waals surface area contributed by atoms with Crippen LogP contribution in [0.5, 0.6) is 0 Å². The number of hydrogen-bond donors (Lipinski definition) is 1. The summed E-state index contributed by atoms with van der Waals surface area (Å²) in [6, 6.07) is 5.94. The number of nitrogens with one attached hydrogen (secondary N) is 1. The second kappa shape index (κ2) is 7.91. The second-order valence-electron chi connectivity index (χ2n) is 5.36. The van der Waals surface area contributed by atoms with E-state index in [1.54, 1.807) is 0 Å². The zero-order valence-electron chi connectivity index (χ0n) is 13.7. The molecule has 9 heteroatoms. The molecule has 0 radical (unpaired) electrons. The summed E-state index contributed by atoms with van der Waals surface area (Å²) < 4.78 is 2.02. The second-order valence-corrected chi connectivity index (χ2v) is 6.30. The van der Waals surface area contributed by atoms with E-state index in [-0.39, 0.29) is 23.4 Å². The molecule has 0 aliphatic heterocycles. The van der Waals surface area contributed by atoms with Gasteiger partial charge in [0.05, 0.1) is 10.7 Å². The van der Waals surface area contributed by atoms with Gasteiger partial charge in [-0.15, -0.1) is 10.2 Å². The molecule has 0 bridgehead atoms. The molecule has 1 aromatic heterocycles. The van der Waals surface area contributed by atoms with Gasteiger partial charge < -0.3 is 9.88 Å². The summed E-state index contributed by atoms with van der Waals surface area (Å²) in [5.41, 5.74) is 0.505. The van der Waals surface area contributed by atoms with Crippen LogP contribution in [0.2, 0.25) is 0 Å². The Kier molecular flexibility index (Phi) is 5.91. The third kappa shape index (κ3) is 4.31. The number of thioether (sulfide) groups is 1. The van der Waals surface area contributed by atoms with E-state index in [9.17, 15) is 14.9 Å². The van der Waals surface area contributed by atoms with Crippen LogP contribution in [-0.2, 0) is 11.2 Å². The van der Waals surface area contributed by atoms with E-state index in [2.05, 4.69) is 15.5 Å². The topological polar surface area (TPSA) is 103 Å². The Morgan fingerprint density at radius 1 is 1.33 bits per heavy atom. The van der Waals surface area contributed by atoms with Crippen LogP contribution in [0, 0.1) is 10.1 Å². The monoisotopic (exact) mass is 349 g/mol. The standard InChI is InChI=1S/C15H19N5O3S/c1-4-13-17-18-15(19(13)10(2)3)24-9-14(21)16-11-5-7-12(8-6-11)20(22)23/h5-8,10H,4,9H2,1-3H3,(H,16,21). The minimum Gasteiger partial charge on any atom is -0.325 e. The lowest BCUT2D eigenvalue weighted by Crippen LogP contribution is -2.15. The Labute approximate surface area is 143 Å². The van der Waals surface area contributed by atoms with Crippen LogP contribution in [0.25, 0.3) is 0 Å². The number of aryl methyl sites for hydroxylation is 1. The van der Waals surface area contributed by atoms with Crippen molar-refractivity contribution in [1.82, 2.24) is 14.8 Å². The van der Waals surface area contributed by atoms with Crippen LogP contribution in [0.15, 0.2) is 29.4 Å². The minimum absolute atomic E-state index is 0.0143. The maximum Gasteiger partial charge on any atom is 0.269 e. The van der Waals surface area contributed by atoms with Gasteiger partial charge in [-0.1, -0.05) is 18.7 Å². The number of anilines is 1. The summed E-state index contributed by atoms with van der Waals surface area (Å²) in [6.07, 6.45) is 0.779. The molecule has 1 aromatic carbocycles. The lowest BCUT2D eigenvalue weighted by molar-refractivity contribution is -0.384. The van der Waals surface area contributed by atoms with Gasteiger partial charge in [-0.05, 0) is 26.0 Å². The SMILES string of the molecule is CCc1nnc(SCC(=O)Nc2ccc([N+](=O)[O-])cc2)n1C(C)C. The number of nitro benzene ring substituents is 1. The summed E-state index contributed by atoms with van der Waals surface area (Å²) >= 11 is 1.32. The average Bonchev–Trinajstić information content (AvgIpc) is 2.96. The number of non-ortho nitro benzene ring substituents is 1. The number of hydrogen-bond acceptors (Lipinski definition) is 6. The number of amides is 1. The summed E-state index contributed by atoms with van der Waals surface area (Å²) in [6.45, 7) is 6.10. The number of nitro groups is 1. The lowest BCUT2D eigenvalue weighted by Gasteiger charge is -2.12. The molecule has 0 aliphatic carbocycles. The van der Waals surface area contributed by atoms with Crippen molar-refractivity contribution in [2.45, 2.75) is 38.4 Å². The molecule has 0 aliphatic rings. The third-order valence-corrected chi connectivity index (χ3v) is 4.21. The van der Waals surface area contributed by atoms with E-state index in [1.807, 2.05) is 25.3 Å². The van der Waals surface area contributed by atoms with E-state index in [1.165, 1.54) is 36.0 Å². The molecule has 0 spiro atoms. The van der Waals surface area contributed by atoms with Gasteiger partial charge >= 0.3 is 0 Å². The zero-order chi connectivity index (χ0) is 17.7. The van der Waals surface area contributed by atoms with Gasteiger partial charge in [0.25, 0.3) is 5.69 Å². The van der Waals surface area contributed by atoms with Crippen molar-refractivity contribution in [3.8, 4) is 0 Å². The highest BCUT2D eigenvalue weighted by molar-refractivity contribution is 7.99. The molecule has 0 saturated carbocycles. The normalized spacial score (nSPS) is 10.8. The van der Waals surface area contributed by atoms with Crippen LogP contribution < -0.4 is 5.32 Å². The number of rotatable bonds is 7. The van der Waals surface area contributed by atoms with Gasteiger partial charge in [-0.25, -0.2) is 0 Å². The van der Waals surface area contributed by atoms with Gasteiger partial charge in [-0.2, -0.15) is 0 Å². The van der Waals surface area contributed by atoms with Gasteiger partial charge in [0.15, 0.2) is 5.16 Å². The van der Waals surface area contributed by atoms with E-state index >= 15 is 0 Å². The Morgan fingerprint density at radius 3 is 2.54 bits per heavy atom. The average molecular weight is 349 g/mol. The molecule has 2 rings (SSSR count). The van der Waals surface area contributed by atoms with Gasteiger partial charge in [0.2, 0.25) is 5.91 Å². The highest BCUT2D eigenvalue weighted by Gasteiger charge is 2.15. The number of carbonyl (C=O) groups excluding carboxylic acids is 1. The fraction of sp³-hybridized carbons (Fsp3) is 0.400. The predicted octanol–water partition coefficient (Wildman–Crippen LogP) is 3.06. The molecule has 0 fully saturated rings. The predicted molar refractivity (Wildman–Crippen MR) is 92.2 cm³/mol. The van der Waals surface area contributed by atoms with Crippen LogP contribution in [0.1, 0.15) is 32.6 Å². The zero-order valence-corrected chi connectivity index (χ0v) is 14.5. The number of carbonyl (C=O) groups is 1. The van der Waals surface area contributed by atoms with Crippen molar-refractivity contribution < 1.29 is 9.72 Å². The van der Waals surface area contributed by atoms with Crippen molar-refractivity contribution in [3.63, 3.8) is 0 Å². The first-order valence-corrected chi connectivity index (χ1v) is 8.51. The Morgan fingerprint density at radius 2 is 2.00 bits per heavy atom. The molecule has 128 valence electrons. The van der Waals surface area contributed by atoms with E-state index in [0.717, 1.165) is 12.2 Å². The third-order valence-electron chi connectivity index (χ3n) is 3.26. The van der Waals surface area contributed by atoms with Crippen LogP contribution >= 0.6 is 11.8 Å². The molecular weight excluding hydrogens is 330 g/mol. The van der Waals surface area contributed by atoms with Gasteiger partial charge in [-0.3, -0.25) is 14.9 Å². The quantitative estimate of drug-likeness (QED) is 0.468. The molecule has 0 unspecified atom stereocenters. The molecule has 24 heavy (non-hydrogen) atoms. The first kappa shape index (κ1) is 17.9. The van der Waals surface area contributed by atoms with E-state index in [0.29, 0.717) is 10.8 Å². The summed E-state index contributed by atoms with van der Waals surface area (Å²) in [5, 5.41) is 22.3. The van der Waals surface area contributed by atoms with E-state index < -0.39 is 4.92 Å². The molecule has 2 aromatic rings. The van der Waals surface area contributed by atoms with Crippen LogP contribution in [0.3, 0.4) is 0 Å². The largest absolute Gasteiger partial charge is 0.325 e. The summed E-state index contributed by atoms with van der Waals surface area (Å²) in [5.74, 6) is 0.874. The Balaban J connectivity index is 1.96. The Hall–Kier alpha value is -2.42. The number of nitrogens with zero attached hydrogens (tertiary/aromatic N) is 4. The fourth-order valence-electron chi connectivity index (χ4n) is 2.16. The number of benzene rings is 1. The first-order valence-electron chi connectivity index (χ1n) is 7.53. The number of aromatic nitrogens is 3. The molecular formula is C15H19N5O3S. The Bertz CT molecular complexity index is 727. The van der Waals surface area contributed by atoms with Crippen molar-refractivity contribution in [1.29, 1.82) is 0 Å². The highest BCUT2D eigenvalue weighted by atomic mass is 32.2. The minimum atomic E-state index is -0.481. The molecule has 1 N–H and O–H groups in total. The fourth-order valence-corrected chi connectivity index (χ4v) is 3.05. The van der Waals surface area contributed by atoms with Crippen molar-refractivity contribution in [2.24, 2.45) is 0 Å². The maximum absolute atomic E-state index is 12.0. The first-order chi connectivity index (χ1) is 11.4.